The minimum Gasteiger partial charge on any atom is -0.492 e. The fraction of sp³-hybridized carbons (Fsp3) is 0.333. The van der Waals surface area contributed by atoms with Crippen molar-refractivity contribution in [1.82, 2.24) is 4.90 Å². The SMILES string of the molecule is C[C@H](Cc1ccc(OCCN)cc1)N(C[C@H](O)c1ccccc1)C[C@H](O)c1ccccc1. The first kappa shape index (κ1) is 24.0. The summed E-state index contributed by atoms with van der Waals surface area (Å²) in [6.07, 6.45) is -0.470. The highest BCUT2D eigenvalue weighted by atomic mass is 16.5. The van der Waals surface area contributed by atoms with Crippen molar-refractivity contribution in [1.29, 1.82) is 0 Å². The molecular formula is C27H34N2O3. The first-order chi connectivity index (χ1) is 15.6. The van der Waals surface area contributed by atoms with Gasteiger partial charge in [0.2, 0.25) is 0 Å². The molecule has 0 bridgehead atoms. The molecule has 0 fully saturated rings. The van der Waals surface area contributed by atoms with Crippen molar-refractivity contribution in [3.05, 3.63) is 102 Å². The maximum Gasteiger partial charge on any atom is 0.119 e. The van der Waals surface area contributed by atoms with Crippen LogP contribution in [0.25, 0.3) is 0 Å². The summed E-state index contributed by atoms with van der Waals surface area (Å²) < 4.78 is 5.56. The van der Waals surface area contributed by atoms with Gasteiger partial charge in [-0.05, 0) is 42.2 Å². The molecule has 3 rings (SSSR count). The third-order valence-corrected chi connectivity index (χ3v) is 5.65. The highest BCUT2D eigenvalue weighted by Crippen LogP contribution is 2.22. The lowest BCUT2D eigenvalue weighted by Crippen LogP contribution is -2.40. The number of ether oxygens (including phenoxy) is 1. The lowest BCUT2D eigenvalue weighted by atomic mass is 10.0. The van der Waals surface area contributed by atoms with Crippen LogP contribution in [0.4, 0.5) is 0 Å². The first-order valence-electron chi connectivity index (χ1n) is 11.2. The fourth-order valence-electron chi connectivity index (χ4n) is 3.81. The lowest BCUT2D eigenvalue weighted by molar-refractivity contribution is 0.0480. The molecular weight excluding hydrogens is 400 g/mol. The highest BCUT2D eigenvalue weighted by Gasteiger charge is 2.22. The zero-order valence-corrected chi connectivity index (χ0v) is 18.7. The van der Waals surface area contributed by atoms with E-state index in [1.54, 1.807) is 0 Å². The van der Waals surface area contributed by atoms with E-state index in [4.69, 9.17) is 10.5 Å². The molecule has 0 unspecified atom stereocenters. The van der Waals surface area contributed by atoms with Crippen LogP contribution in [0.1, 0.15) is 35.8 Å². The average Bonchev–Trinajstić information content (AvgIpc) is 2.84. The number of hydrogen-bond acceptors (Lipinski definition) is 5. The summed E-state index contributed by atoms with van der Waals surface area (Å²) in [5.74, 6) is 0.808. The number of nitrogens with two attached hydrogens (primary N) is 1. The Bertz CT molecular complexity index is 856. The monoisotopic (exact) mass is 434 g/mol. The van der Waals surface area contributed by atoms with Gasteiger partial charge >= 0.3 is 0 Å². The fourth-order valence-corrected chi connectivity index (χ4v) is 3.81. The van der Waals surface area contributed by atoms with Gasteiger partial charge in [0.1, 0.15) is 12.4 Å². The van der Waals surface area contributed by atoms with Gasteiger partial charge in [-0.2, -0.15) is 0 Å². The van der Waals surface area contributed by atoms with E-state index in [0.29, 0.717) is 26.2 Å². The third-order valence-electron chi connectivity index (χ3n) is 5.65. The molecule has 3 aromatic rings. The molecule has 0 saturated heterocycles. The van der Waals surface area contributed by atoms with Gasteiger partial charge in [0.25, 0.3) is 0 Å². The summed E-state index contributed by atoms with van der Waals surface area (Å²) in [5.41, 5.74) is 8.42. The van der Waals surface area contributed by atoms with Gasteiger partial charge in [-0.3, -0.25) is 4.90 Å². The molecule has 4 N–H and O–H groups in total. The second-order valence-corrected chi connectivity index (χ2v) is 8.14. The quantitative estimate of drug-likeness (QED) is 0.405. The van der Waals surface area contributed by atoms with Crippen molar-refractivity contribution >= 4 is 0 Å². The van der Waals surface area contributed by atoms with Crippen molar-refractivity contribution in [2.45, 2.75) is 31.6 Å². The van der Waals surface area contributed by atoms with Crippen LogP contribution in [0.3, 0.4) is 0 Å². The lowest BCUT2D eigenvalue weighted by Gasteiger charge is -2.33. The standard InChI is InChI=1S/C27H34N2O3/c1-21(18-22-12-14-25(15-13-22)32-17-16-28)29(19-26(30)23-8-4-2-5-9-23)20-27(31)24-10-6-3-7-11-24/h2-15,21,26-27,30-31H,16-20,28H2,1H3/t21-,26+,27+/m1/s1. The predicted molar refractivity (Wildman–Crippen MR) is 129 cm³/mol. The van der Waals surface area contributed by atoms with Crippen LogP contribution in [0.15, 0.2) is 84.9 Å². The molecule has 5 heteroatoms. The second-order valence-electron chi connectivity index (χ2n) is 8.14. The van der Waals surface area contributed by atoms with E-state index in [1.807, 2.05) is 72.8 Å². The number of aliphatic hydroxyl groups is 2. The average molecular weight is 435 g/mol. The Morgan fingerprint density at radius 2 is 1.28 bits per heavy atom. The summed E-state index contributed by atoms with van der Waals surface area (Å²) in [7, 11) is 0. The van der Waals surface area contributed by atoms with E-state index in [9.17, 15) is 10.2 Å². The molecule has 0 aliphatic heterocycles. The Morgan fingerprint density at radius 3 is 1.75 bits per heavy atom. The molecule has 0 heterocycles. The summed E-state index contributed by atoms with van der Waals surface area (Å²) in [6.45, 7) is 3.99. The van der Waals surface area contributed by atoms with Gasteiger partial charge in [-0.15, -0.1) is 0 Å². The normalized spacial score (nSPS) is 14.2. The van der Waals surface area contributed by atoms with Crippen molar-refractivity contribution in [3.63, 3.8) is 0 Å². The summed E-state index contributed by atoms with van der Waals surface area (Å²) in [4.78, 5) is 2.16. The molecule has 0 radical (unpaired) electrons. The van der Waals surface area contributed by atoms with E-state index in [1.165, 1.54) is 5.56 Å². The Kier molecular flexibility index (Phi) is 9.26. The molecule has 0 spiro atoms. The molecule has 3 aromatic carbocycles. The molecule has 0 saturated carbocycles. The third kappa shape index (κ3) is 7.18. The highest BCUT2D eigenvalue weighted by molar-refractivity contribution is 5.28. The zero-order valence-electron chi connectivity index (χ0n) is 18.7. The summed E-state index contributed by atoms with van der Waals surface area (Å²) in [6, 6.07) is 27.5. The van der Waals surface area contributed by atoms with Crippen molar-refractivity contribution in [2.75, 3.05) is 26.2 Å². The molecule has 0 aromatic heterocycles. The Balaban J connectivity index is 1.71. The first-order valence-corrected chi connectivity index (χ1v) is 11.2. The van der Waals surface area contributed by atoms with Gasteiger partial charge in [0, 0.05) is 25.7 Å². The molecule has 3 atom stereocenters. The predicted octanol–water partition coefficient (Wildman–Crippen LogP) is 3.72. The maximum atomic E-state index is 10.9. The van der Waals surface area contributed by atoms with E-state index in [-0.39, 0.29) is 6.04 Å². The summed E-state index contributed by atoms with van der Waals surface area (Å²) >= 11 is 0. The Morgan fingerprint density at radius 1 is 0.781 bits per heavy atom. The maximum absolute atomic E-state index is 10.9. The van der Waals surface area contributed by atoms with Crippen molar-refractivity contribution in [2.24, 2.45) is 5.73 Å². The number of aliphatic hydroxyl groups excluding tert-OH is 2. The molecule has 0 aliphatic rings. The molecule has 0 amide bonds. The molecule has 0 aliphatic carbocycles. The van der Waals surface area contributed by atoms with E-state index >= 15 is 0 Å². The second kappa shape index (κ2) is 12.4. The van der Waals surface area contributed by atoms with Gasteiger partial charge in [0.05, 0.1) is 12.2 Å². The van der Waals surface area contributed by atoms with Crippen molar-refractivity contribution in [3.8, 4) is 5.75 Å². The number of hydrogen-bond donors (Lipinski definition) is 3. The van der Waals surface area contributed by atoms with Crippen LogP contribution in [-0.2, 0) is 6.42 Å². The van der Waals surface area contributed by atoms with E-state index < -0.39 is 12.2 Å². The van der Waals surface area contributed by atoms with Crippen LogP contribution in [0, 0.1) is 0 Å². The molecule has 32 heavy (non-hydrogen) atoms. The van der Waals surface area contributed by atoms with Crippen LogP contribution in [0.5, 0.6) is 5.75 Å². The Labute approximate surface area is 191 Å². The van der Waals surface area contributed by atoms with Crippen LogP contribution in [0.2, 0.25) is 0 Å². The molecule has 5 nitrogen and oxygen atoms in total. The number of benzene rings is 3. The number of nitrogens with zero attached hydrogens (tertiary/aromatic N) is 1. The van der Waals surface area contributed by atoms with Crippen LogP contribution >= 0.6 is 0 Å². The smallest absolute Gasteiger partial charge is 0.119 e. The van der Waals surface area contributed by atoms with E-state index in [2.05, 4.69) is 24.0 Å². The van der Waals surface area contributed by atoms with E-state index in [0.717, 1.165) is 23.3 Å². The topological polar surface area (TPSA) is 79.0 Å². The number of rotatable bonds is 12. The van der Waals surface area contributed by atoms with Gasteiger partial charge in [-0.1, -0.05) is 72.8 Å². The summed E-state index contributed by atoms with van der Waals surface area (Å²) in [5, 5.41) is 21.7. The Hall–Kier alpha value is -2.70. The van der Waals surface area contributed by atoms with Crippen LogP contribution < -0.4 is 10.5 Å². The van der Waals surface area contributed by atoms with Gasteiger partial charge in [0.15, 0.2) is 0 Å². The van der Waals surface area contributed by atoms with Gasteiger partial charge < -0.3 is 20.7 Å². The van der Waals surface area contributed by atoms with Crippen molar-refractivity contribution < 1.29 is 14.9 Å². The van der Waals surface area contributed by atoms with Crippen LogP contribution in [-0.4, -0.2) is 47.4 Å². The minimum absolute atomic E-state index is 0.113. The molecule has 170 valence electrons. The van der Waals surface area contributed by atoms with Gasteiger partial charge in [-0.25, -0.2) is 0 Å². The minimum atomic E-state index is -0.631. The largest absolute Gasteiger partial charge is 0.492 e. The zero-order chi connectivity index (χ0) is 22.8.